The van der Waals surface area contributed by atoms with Crippen LogP contribution in [0.15, 0.2) is 72.9 Å². The molecule has 10 nitrogen and oxygen atoms in total. The number of rotatable bonds is 11. The van der Waals surface area contributed by atoms with Crippen molar-refractivity contribution in [2.24, 2.45) is 23.5 Å². The van der Waals surface area contributed by atoms with Gasteiger partial charge in [0.2, 0.25) is 11.9 Å². The van der Waals surface area contributed by atoms with Gasteiger partial charge in [0.05, 0.1) is 24.0 Å². The van der Waals surface area contributed by atoms with Gasteiger partial charge in [0.15, 0.2) is 5.65 Å². The van der Waals surface area contributed by atoms with Crippen LogP contribution in [0.2, 0.25) is 0 Å². The lowest BCUT2D eigenvalue weighted by Crippen LogP contribution is -2.41. The lowest BCUT2D eigenvalue weighted by atomic mass is 9.88. The van der Waals surface area contributed by atoms with Crippen LogP contribution < -0.4 is 21.1 Å². The standard InChI is InChI=1S/C32H36N8O2/c33-29(41)27-22-8-9-23(18-22)28(27)36-30-26-19-34-40(20-21-6-2-1-3-7-21)31(26)38-32(37-30)35-24-10-12-25(13-11-24)42-17-16-39-14-4-5-15-39/h1-3,6-13,19,22-23,27-28H,4-5,14-18,20H2,(H2,33,41)(H2,35,36,37,38)/t22?,23?,27-,28-/m0/s1. The monoisotopic (exact) mass is 564 g/mol. The number of ether oxygens (including phenoxy) is 1. The molecule has 1 aliphatic heterocycles. The number of aromatic nitrogens is 4. The summed E-state index contributed by atoms with van der Waals surface area (Å²) >= 11 is 0. The van der Waals surface area contributed by atoms with Crippen LogP contribution in [0.5, 0.6) is 5.75 Å². The third kappa shape index (κ3) is 5.42. The van der Waals surface area contributed by atoms with E-state index >= 15 is 0 Å². The van der Waals surface area contributed by atoms with Crippen molar-refractivity contribution >= 4 is 34.4 Å². The fourth-order valence-electron chi connectivity index (χ4n) is 6.62. The average molecular weight is 565 g/mol. The first-order valence-electron chi connectivity index (χ1n) is 14.8. The predicted molar refractivity (Wildman–Crippen MR) is 163 cm³/mol. The summed E-state index contributed by atoms with van der Waals surface area (Å²) < 4.78 is 7.86. The lowest BCUT2D eigenvalue weighted by molar-refractivity contribution is -0.122. The van der Waals surface area contributed by atoms with Crippen molar-refractivity contribution in [3.63, 3.8) is 0 Å². The van der Waals surface area contributed by atoms with E-state index < -0.39 is 0 Å². The molecule has 4 aromatic rings. The molecular weight excluding hydrogens is 528 g/mol. The minimum absolute atomic E-state index is 0.127. The van der Waals surface area contributed by atoms with Crippen molar-refractivity contribution in [2.75, 3.05) is 36.9 Å². The predicted octanol–water partition coefficient (Wildman–Crippen LogP) is 4.18. The summed E-state index contributed by atoms with van der Waals surface area (Å²) in [5, 5.41) is 12.4. The number of allylic oxidation sites excluding steroid dienone is 1. The Labute approximate surface area is 245 Å². The SMILES string of the molecule is NC(=O)[C@H]1C2C=CC(C2)[C@@H]1Nc1nc(Nc2ccc(OCCN3CCCC3)cc2)nc2c1cnn2Cc1ccccc1. The Kier molecular flexibility index (Phi) is 7.21. The van der Waals surface area contributed by atoms with E-state index in [1.807, 2.05) is 47.1 Å². The largest absolute Gasteiger partial charge is 0.492 e. The lowest BCUT2D eigenvalue weighted by Gasteiger charge is -2.27. The molecule has 3 aliphatic rings. The van der Waals surface area contributed by atoms with Crippen LogP contribution in [-0.4, -0.2) is 62.8 Å². The van der Waals surface area contributed by atoms with Gasteiger partial charge in [0.1, 0.15) is 18.2 Å². The zero-order chi connectivity index (χ0) is 28.5. The summed E-state index contributed by atoms with van der Waals surface area (Å²) in [7, 11) is 0. The first kappa shape index (κ1) is 26.5. The molecule has 4 atom stereocenters. The summed E-state index contributed by atoms with van der Waals surface area (Å²) in [5.74, 6) is 1.75. The molecule has 1 saturated heterocycles. The van der Waals surface area contributed by atoms with E-state index in [4.69, 9.17) is 20.4 Å². The number of fused-ring (bicyclic) bond motifs is 3. The first-order valence-corrected chi connectivity index (χ1v) is 14.8. The molecule has 2 unspecified atom stereocenters. The first-order chi connectivity index (χ1) is 20.6. The van der Waals surface area contributed by atoms with Gasteiger partial charge in [-0.2, -0.15) is 15.1 Å². The average Bonchev–Trinajstić information content (AvgIpc) is 3.81. The molecule has 3 heterocycles. The quantitative estimate of drug-likeness (QED) is 0.232. The second kappa shape index (κ2) is 11.4. The minimum Gasteiger partial charge on any atom is -0.492 e. The molecule has 7 rings (SSSR count). The van der Waals surface area contributed by atoms with Gasteiger partial charge in [-0.05, 0) is 74.0 Å². The molecule has 1 saturated carbocycles. The maximum atomic E-state index is 12.4. The second-order valence-corrected chi connectivity index (χ2v) is 11.5. The summed E-state index contributed by atoms with van der Waals surface area (Å²) in [5.41, 5.74) is 8.52. The molecule has 2 bridgehead atoms. The van der Waals surface area contributed by atoms with E-state index in [0.29, 0.717) is 30.6 Å². The molecule has 2 aliphatic carbocycles. The fraction of sp³-hybridized carbons (Fsp3) is 0.375. The normalized spacial score (nSPS) is 23.0. The highest BCUT2D eigenvalue weighted by Crippen LogP contribution is 2.45. The van der Waals surface area contributed by atoms with Crippen LogP contribution in [0.25, 0.3) is 11.0 Å². The molecule has 10 heteroatoms. The molecule has 0 spiro atoms. The van der Waals surface area contributed by atoms with Gasteiger partial charge in [0.25, 0.3) is 0 Å². The molecular formula is C32H36N8O2. The fourth-order valence-corrected chi connectivity index (χ4v) is 6.62. The molecule has 0 radical (unpaired) electrons. The molecule has 4 N–H and O–H groups in total. The summed E-state index contributed by atoms with van der Waals surface area (Å²) in [6.07, 6.45) is 9.59. The van der Waals surface area contributed by atoms with Gasteiger partial charge in [-0.3, -0.25) is 9.69 Å². The number of anilines is 3. The number of benzene rings is 2. The van der Waals surface area contributed by atoms with Crippen LogP contribution in [0, 0.1) is 17.8 Å². The topological polar surface area (TPSA) is 123 Å². The van der Waals surface area contributed by atoms with Gasteiger partial charge in [0, 0.05) is 18.3 Å². The Hall–Kier alpha value is -4.44. The molecule has 216 valence electrons. The second-order valence-electron chi connectivity index (χ2n) is 11.5. The zero-order valence-corrected chi connectivity index (χ0v) is 23.5. The molecule has 1 amide bonds. The number of hydrogen-bond acceptors (Lipinski definition) is 8. The smallest absolute Gasteiger partial charge is 0.231 e. The molecule has 42 heavy (non-hydrogen) atoms. The Balaban J connectivity index is 1.14. The van der Waals surface area contributed by atoms with Gasteiger partial charge in [-0.25, -0.2) is 4.68 Å². The van der Waals surface area contributed by atoms with E-state index in [1.165, 1.54) is 25.9 Å². The van der Waals surface area contributed by atoms with Crippen LogP contribution in [0.3, 0.4) is 0 Å². The number of nitrogens with one attached hydrogen (secondary N) is 2. The number of carbonyl (C=O) groups excluding carboxylic acids is 1. The van der Waals surface area contributed by atoms with Gasteiger partial charge in [-0.1, -0.05) is 42.5 Å². The van der Waals surface area contributed by atoms with Crippen molar-refractivity contribution in [3.05, 3.63) is 78.5 Å². The van der Waals surface area contributed by atoms with E-state index in [9.17, 15) is 4.79 Å². The maximum Gasteiger partial charge on any atom is 0.231 e. The molecule has 2 fully saturated rings. The van der Waals surface area contributed by atoms with Gasteiger partial charge >= 0.3 is 0 Å². The number of amides is 1. The Morgan fingerprint density at radius 3 is 2.57 bits per heavy atom. The highest BCUT2D eigenvalue weighted by Gasteiger charge is 2.47. The van der Waals surface area contributed by atoms with Crippen molar-refractivity contribution in [2.45, 2.75) is 31.8 Å². The van der Waals surface area contributed by atoms with Gasteiger partial charge in [-0.15, -0.1) is 0 Å². The van der Waals surface area contributed by atoms with Crippen LogP contribution in [0.4, 0.5) is 17.5 Å². The number of carbonyl (C=O) groups is 1. The van der Waals surface area contributed by atoms with Crippen molar-refractivity contribution in [1.29, 1.82) is 0 Å². The van der Waals surface area contributed by atoms with E-state index in [0.717, 1.165) is 35.4 Å². The van der Waals surface area contributed by atoms with Crippen LogP contribution in [-0.2, 0) is 11.3 Å². The minimum atomic E-state index is -0.282. The maximum absolute atomic E-state index is 12.4. The highest BCUT2D eigenvalue weighted by molar-refractivity contribution is 5.89. The number of nitrogens with zero attached hydrogens (tertiary/aromatic N) is 5. The van der Waals surface area contributed by atoms with Crippen molar-refractivity contribution < 1.29 is 9.53 Å². The van der Waals surface area contributed by atoms with E-state index in [1.54, 1.807) is 6.20 Å². The Bertz CT molecular complexity index is 1580. The number of primary amides is 1. The zero-order valence-electron chi connectivity index (χ0n) is 23.5. The third-order valence-corrected chi connectivity index (χ3v) is 8.75. The van der Waals surface area contributed by atoms with E-state index in [2.05, 4.69) is 44.9 Å². The van der Waals surface area contributed by atoms with Crippen LogP contribution in [0.1, 0.15) is 24.8 Å². The Morgan fingerprint density at radius 2 is 1.79 bits per heavy atom. The third-order valence-electron chi connectivity index (χ3n) is 8.75. The van der Waals surface area contributed by atoms with Crippen molar-refractivity contribution in [3.8, 4) is 5.75 Å². The van der Waals surface area contributed by atoms with Crippen LogP contribution >= 0.6 is 0 Å². The number of likely N-dealkylation sites (tertiary alicyclic amines) is 1. The Morgan fingerprint density at radius 1 is 1.00 bits per heavy atom. The van der Waals surface area contributed by atoms with Gasteiger partial charge < -0.3 is 21.1 Å². The molecule has 2 aromatic heterocycles. The highest BCUT2D eigenvalue weighted by atomic mass is 16.5. The summed E-state index contributed by atoms with van der Waals surface area (Å²) in [6.45, 7) is 4.54. The van der Waals surface area contributed by atoms with E-state index in [-0.39, 0.29) is 29.7 Å². The number of nitrogens with two attached hydrogens (primary N) is 1. The molecule has 2 aromatic carbocycles. The summed E-state index contributed by atoms with van der Waals surface area (Å²) in [6, 6.07) is 17.9. The van der Waals surface area contributed by atoms with Crippen molar-refractivity contribution in [1.82, 2.24) is 24.6 Å². The summed E-state index contributed by atoms with van der Waals surface area (Å²) in [4.78, 5) is 24.6. The number of hydrogen-bond donors (Lipinski definition) is 3.